The fourth-order valence-electron chi connectivity index (χ4n) is 1.54. The van der Waals surface area contributed by atoms with Gasteiger partial charge in [-0.15, -0.1) is 11.3 Å². The van der Waals surface area contributed by atoms with Gasteiger partial charge in [0, 0.05) is 32.1 Å². The van der Waals surface area contributed by atoms with Gasteiger partial charge in [0.25, 0.3) is 0 Å². The van der Waals surface area contributed by atoms with Crippen LogP contribution in [0.2, 0.25) is 0 Å². The summed E-state index contributed by atoms with van der Waals surface area (Å²) < 4.78 is 5.08. The van der Waals surface area contributed by atoms with Gasteiger partial charge in [0.2, 0.25) is 0 Å². The summed E-state index contributed by atoms with van der Waals surface area (Å²) in [5, 5.41) is 13.7. The molecule has 0 aromatic carbocycles. The second-order valence-corrected chi connectivity index (χ2v) is 4.78. The van der Waals surface area contributed by atoms with Crippen LogP contribution in [0.1, 0.15) is 16.1 Å². The van der Waals surface area contributed by atoms with E-state index in [4.69, 9.17) is 4.74 Å². The molecule has 0 bridgehead atoms. The van der Waals surface area contributed by atoms with Gasteiger partial charge < -0.3 is 10.1 Å². The van der Waals surface area contributed by atoms with E-state index in [0.29, 0.717) is 6.61 Å². The molecule has 6 heteroatoms. The molecular weight excluding hydrogens is 236 g/mol. The molecule has 0 aliphatic carbocycles. The topological polar surface area (TPSA) is 52.0 Å². The Hall–Kier alpha value is -1.24. The third-order valence-electron chi connectivity index (χ3n) is 2.27. The molecule has 92 valence electrons. The van der Waals surface area contributed by atoms with E-state index < -0.39 is 0 Å². The number of thiophene rings is 1. The van der Waals surface area contributed by atoms with E-state index >= 15 is 0 Å². The van der Waals surface area contributed by atoms with Crippen molar-refractivity contribution in [1.29, 1.82) is 0 Å². The lowest BCUT2D eigenvalue weighted by Gasteiger charge is -1.99. The molecule has 5 nitrogen and oxygen atoms in total. The molecule has 2 rings (SSSR count). The summed E-state index contributed by atoms with van der Waals surface area (Å²) in [4.78, 5) is 2.87. The lowest BCUT2D eigenvalue weighted by atomic mass is 10.3. The predicted octanol–water partition coefficient (Wildman–Crippen LogP) is 1.31. The van der Waals surface area contributed by atoms with Crippen molar-refractivity contribution < 1.29 is 4.74 Å². The average molecular weight is 252 g/mol. The Morgan fingerprint density at radius 1 is 1.47 bits per heavy atom. The van der Waals surface area contributed by atoms with Crippen LogP contribution in [0, 0.1) is 0 Å². The first-order chi connectivity index (χ1) is 8.28. The summed E-state index contributed by atoms with van der Waals surface area (Å²) in [6.07, 6.45) is 1.78. The Labute approximate surface area is 104 Å². The Kier molecular flexibility index (Phi) is 4.24. The molecule has 0 aliphatic heterocycles. The lowest BCUT2D eigenvalue weighted by Crippen LogP contribution is -2.12. The van der Waals surface area contributed by atoms with Gasteiger partial charge in [-0.05, 0) is 17.0 Å². The highest BCUT2D eigenvalue weighted by atomic mass is 32.1. The Bertz CT molecular complexity index is 465. The molecule has 0 spiro atoms. The zero-order valence-electron chi connectivity index (χ0n) is 10.0. The Balaban J connectivity index is 1.77. The van der Waals surface area contributed by atoms with Crippen LogP contribution >= 0.6 is 11.3 Å². The van der Waals surface area contributed by atoms with Crippen molar-refractivity contribution in [3.8, 4) is 0 Å². The van der Waals surface area contributed by atoms with Gasteiger partial charge in [0.1, 0.15) is 0 Å². The van der Waals surface area contributed by atoms with Crippen LogP contribution in [0.4, 0.5) is 0 Å². The van der Waals surface area contributed by atoms with E-state index in [1.54, 1.807) is 29.4 Å². The van der Waals surface area contributed by atoms with Crippen molar-refractivity contribution >= 4 is 11.3 Å². The molecular formula is C11H16N4OS. The maximum Gasteiger partial charge on any atom is 0.0964 e. The number of aromatic nitrogens is 3. The van der Waals surface area contributed by atoms with Crippen molar-refractivity contribution in [3.05, 3.63) is 33.8 Å². The summed E-state index contributed by atoms with van der Waals surface area (Å²) in [6, 6.07) is 2.16. The molecule has 17 heavy (non-hydrogen) atoms. The quantitative estimate of drug-likeness (QED) is 0.842. The van der Waals surface area contributed by atoms with Crippen LogP contribution in [0.25, 0.3) is 0 Å². The maximum absolute atomic E-state index is 5.08. The van der Waals surface area contributed by atoms with Crippen LogP contribution in [0.5, 0.6) is 0 Å². The van der Waals surface area contributed by atoms with Gasteiger partial charge in [-0.2, -0.15) is 15.0 Å². The van der Waals surface area contributed by atoms with Crippen LogP contribution in [0.15, 0.2) is 17.6 Å². The number of nitrogens with zero attached hydrogens (tertiary/aromatic N) is 3. The molecule has 0 aliphatic rings. The van der Waals surface area contributed by atoms with Crippen molar-refractivity contribution in [3.63, 3.8) is 0 Å². The highest BCUT2D eigenvalue weighted by Gasteiger charge is 2.01. The van der Waals surface area contributed by atoms with Gasteiger partial charge in [-0.3, -0.25) is 0 Å². The van der Waals surface area contributed by atoms with Crippen LogP contribution < -0.4 is 5.32 Å². The molecule has 0 unspecified atom stereocenters. The molecule has 1 N–H and O–H groups in total. The summed E-state index contributed by atoms with van der Waals surface area (Å²) in [6.45, 7) is 2.27. The minimum Gasteiger partial charge on any atom is -0.380 e. The third-order valence-corrected chi connectivity index (χ3v) is 3.26. The van der Waals surface area contributed by atoms with E-state index in [1.165, 1.54) is 10.4 Å². The van der Waals surface area contributed by atoms with Crippen molar-refractivity contribution in [2.45, 2.75) is 19.7 Å². The first-order valence-corrected chi connectivity index (χ1v) is 6.27. The average Bonchev–Trinajstić information content (AvgIpc) is 2.89. The minimum atomic E-state index is 0.681. The summed E-state index contributed by atoms with van der Waals surface area (Å²) in [7, 11) is 3.53. The second kappa shape index (κ2) is 5.90. The number of hydrogen-bond donors (Lipinski definition) is 1. The van der Waals surface area contributed by atoms with Crippen molar-refractivity contribution in [2.75, 3.05) is 7.11 Å². The standard InChI is InChI=1S/C11H16N4OS/c1-15-13-5-10(14-15)4-12-6-11-3-9(7-16-2)8-17-11/h3,5,8,12H,4,6-7H2,1-2H3. The molecule has 2 aromatic rings. The molecule has 2 heterocycles. The molecule has 0 amide bonds. The van der Waals surface area contributed by atoms with Crippen molar-refractivity contribution in [2.24, 2.45) is 7.05 Å². The van der Waals surface area contributed by atoms with Gasteiger partial charge in [0.15, 0.2) is 0 Å². The largest absolute Gasteiger partial charge is 0.380 e. The molecule has 0 atom stereocenters. The number of ether oxygens (including phenoxy) is 1. The molecule has 0 saturated carbocycles. The van der Waals surface area contributed by atoms with Crippen LogP contribution in [-0.2, 0) is 31.5 Å². The molecule has 0 radical (unpaired) electrons. The Morgan fingerprint density at radius 3 is 3.06 bits per heavy atom. The normalized spacial score (nSPS) is 10.9. The maximum atomic E-state index is 5.08. The number of nitrogens with one attached hydrogen (secondary N) is 1. The first kappa shape index (κ1) is 12.2. The van der Waals surface area contributed by atoms with Gasteiger partial charge in [0.05, 0.1) is 18.5 Å². The first-order valence-electron chi connectivity index (χ1n) is 5.39. The zero-order valence-corrected chi connectivity index (χ0v) is 10.8. The van der Waals surface area contributed by atoms with Gasteiger partial charge in [-0.25, -0.2) is 0 Å². The monoisotopic (exact) mass is 252 g/mol. The van der Waals surface area contributed by atoms with E-state index in [0.717, 1.165) is 18.8 Å². The number of aryl methyl sites for hydroxylation is 1. The fourth-order valence-corrected chi connectivity index (χ4v) is 2.39. The van der Waals surface area contributed by atoms with E-state index in [2.05, 4.69) is 27.0 Å². The number of methoxy groups -OCH3 is 1. The van der Waals surface area contributed by atoms with Gasteiger partial charge in [-0.1, -0.05) is 0 Å². The van der Waals surface area contributed by atoms with Crippen LogP contribution in [0.3, 0.4) is 0 Å². The van der Waals surface area contributed by atoms with E-state index in [1.807, 2.05) is 7.05 Å². The number of rotatable bonds is 6. The smallest absolute Gasteiger partial charge is 0.0964 e. The zero-order chi connectivity index (χ0) is 12.1. The van der Waals surface area contributed by atoms with E-state index in [-0.39, 0.29) is 0 Å². The highest BCUT2D eigenvalue weighted by Crippen LogP contribution is 2.15. The second-order valence-electron chi connectivity index (χ2n) is 3.78. The SMILES string of the molecule is COCc1csc(CNCc2cnn(C)n2)c1. The summed E-state index contributed by atoms with van der Waals surface area (Å²) in [5.41, 5.74) is 2.19. The fraction of sp³-hybridized carbons (Fsp3) is 0.455. The lowest BCUT2D eigenvalue weighted by molar-refractivity contribution is 0.185. The Morgan fingerprint density at radius 2 is 2.35 bits per heavy atom. The van der Waals surface area contributed by atoms with E-state index in [9.17, 15) is 0 Å². The summed E-state index contributed by atoms with van der Waals surface area (Å²) >= 11 is 1.75. The summed E-state index contributed by atoms with van der Waals surface area (Å²) in [5.74, 6) is 0. The van der Waals surface area contributed by atoms with Crippen molar-refractivity contribution in [1.82, 2.24) is 20.3 Å². The highest BCUT2D eigenvalue weighted by molar-refractivity contribution is 7.10. The molecule has 0 fully saturated rings. The predicted molar refractivity (Wildman–Crippen MR) is 66.6 cm³/mol. The van der Waals surface area contributed by atoms with Crippen LogP contribution in [-0.4, -0.2) is 22.1 Å². The van der Waals surface area contributed by atoms with Gasteiger partial charge >= 0.3 is 0 Å². The third kappa shape index (κ3) is 3.62. The molecule has 2 aromatic heterocycles. The molecule has 0 saturated heterocycles. The minimum absolute atomic E-state index is 0.681. The number of hydrogen-bond acceptors (Lipinski definition) is 5.